The number of rotatable bonds is 7. The van der Waals surface area contributed by atoms with Gasteiger partial charge in [-0.05, 0) is 31.0 Å². The first-order chi connectivity index (χ1) is 9.41. The Balaban J connectivity index is 2.73. The van der Waals surface area contributed by atoms with Gasteiger partial charge in [-0.25, -0.2) is 12.7 Å². The molecule has 0 atom stereocenters. The van der Waals surface area contributed by atoms with Crippen LogP contribution in [0.2, 0.25) is 0 Å². The van der Waals surface area contributed by atoms with Crippen LogP contribution in [0.5, 0.6) is 0 Å². The molecule has 5 nitrogen and oxygen atoms in total. The second-order valence-corrected chi connectivity index (χ2v) is 6.42. The highest BCUT2D eigenvalue weighted by atomic mass is 32.2. The summed E-state index contributed by atoms with van der Waals surface area (Å²) in [4.78, 5) is 11.5. The summed E-state index contributed by atoms with van der Waals surface area (Å²) in [6, 6.07) is 6.78. The van der Waals surface area contributed by atoms with Gasteiger partial charge in [-0.15, -0.1) is 0 Å². The molecule has 0 unspecified atom stereocenters. The standard InChI is InChI=1S/C14H21NO4S/c1-4-12-6-8-13(9-7-12)20(17,18)15(3)11-10-14(16)19-5-2/h6-9H,4-5,10-11H2,1-3H3. The lowest BCUT2D eigenvalue weighted by Crippen LogP contribution is -2.29. The maximum Gasteiger partial charge on any atom is 0.307 e. The van der Waals surface area contributed by atoms with Crippen molar-refractivity contribution in [3.05, 3.63) is 29.8 Å². The zero-order valence-corrected chi connectivity index (χ0v) is 12.9. The third kappa shape index (κ3) is 4.31. The van der Waals surface area contributed by atoms with Crippen molar-refractivity contribution in [1.29, 1.82) is 0 Å². The smallest absolute Gasteiger partial charge is 0.307 e. The first-order valence-corrected chi connectivity index (χ1v) is 8.06. The first kappa shape index (κ1) is 16.7. The fourth-order valence-corrected chi connectivity index (χ4v) is 2.85. The van der Waals surface area contributed by atoms with Gasteiger partial charge < -0.3 is 4.74 Å². The van der Waals surface area contributed by atoms with Crippen LogP contribution in [-0.2, 0) is 26.0 Å². The van der Waals surface area contributed by atoms with Crippen LogP contribution in [0.4, 0.5) is 0 Å². The van der Waals surface area contributed by atoms with E-state index in [1.807, 2.05) is 6.92 Å². The molecule has 20 heavy (non-hydrogen) atoms. The van der Waals surface area contributed by atoms with Crippen LogP contribution in [0.25, 0.3) is 0 Å². The number of aryl methyl sites for hydroxylation is 1. The Morgan fingerprint density at radius 3 is 2.30 bits per heavy atom. The molecule has 0 N–H and O–H groups in total. The number of benzene rings is 1. The zero-order chi connectivity index (χ0) is 15.2. The summed E-state index contributed by atoms with van der Waals surface area (Å²) < 4.78 is 30.5. The summed E-state index contributed by atoms with van der Waals surface area (Å²) in [7, 11) is -2.09. The molecule has 0 saturated heterocycles. The maximum absolute atomic E-state index is 12.3. The molecular formula is C14H21NO4S. The minimum absolute atomic E-state index is 0.0522. The van der Waals surface area contributed by atoms with E-state index in [0.29, 0.717) is 6.61 Å². The molecule has 0 aliphatic carbocycles. The van der Waals surface area contributed by atoms with Gasteiger partial charge in [0.05, 0.1) is 17.9 Å². The molecule has 0 radical (unpaired) electrons. The molecule has 0 saturated carbocycles. The Labute approximate surface area is 120 Å². The Bertz CT molecular complexity index is 537. The van der Waals surface area contributed by atoms with Crippen LogP contribution < -0.4 is 0 Å². The second-order valence-electron chi connectivity index (χ2n) is 4.38. The van der Waals surface area contributed by atoms with E-state index in [-0.39, 0.29) is 17.9 Å². The minimum Gasteiger partial charge on any atom is -0.466 e. The van der Waals surface area contributed by atoms with E-state index in [2.05, 4.69) is 0 Å². The van der Waals surface area contributed by atoms with Crippen LogP contribution in [0.15, 0.2) is 29.2 Å². The molecule has 1 aromatic carbocycles. The van der Waals surface area contributed by atoms with Gasteiger partial charge in [0.15, 0.2) is 0 Å². The highest BCUT2D eigenvalue weighted by Gasteiger charge is 2.21. The van der Waals surface area contributed by atoms with E-state index < -0.39 is 16.0 Å². The lowest BCUT2D eigenvalue weighted by atomic mass is 10.2. The van der Waals surface area contributed by atoms with Crippen molar-refractivity contribution in [3.63, 3.8) is 0 Å². The number of carbonyl (C=O) groups excluding carboxylic acids is 1. The van der Waals surface area contributed by atoms with Crippen molar-refractivity contribution in [2.45, 2.75) is 31.6 Å². The molecule has 6 heteroatoms. The normalized spacial score (nSPS) is 11.6. The monoisotopic (exact) mass is 299 g/mol. The predicted octanol–water partition coefficient (Wildman–Crippen LogP) is 1.82. The Morgan fingerprint density at radius 1 is 1.20 bits per heavy atom. The van der Waals surface area contributed by atoms with Crippen molar-refractivity contribution in [2.75, 3.05) is 20.2 Å². The summed E-state index contributed by atoms with van der Waals surface area (Å²) in [5.74, 6) is -0.393. The topological polar surface area (TPSA) is 63.7 Å². The number of esters is 1. The molecule has 0 amide bonds. The van der Waals surface area contributed by atoms with E-state index in [1.165, 1.54) is 11.4 Å². The molecule has 0 bridgehead atoms. The Hall–Kier alpha value is -1.40. The van der Waals surface area contributed by atoms with E-state index in [4.69, 9.17) is 4.74 Å². The summed E-state index contributed by atoms with van der Waals surface area (Å²) in [6.07, 6.45) is 0.912. The van der Waals surface area contributed by atoms with E-state index in [0.717, 1.165) is 12.0 Å². The second kappa shape index (κ2) is 7.40. The highest BCUT2D eigenvalue weighted by Crippen LogP contribution is 2.15. The zero-order valence-electron chi connectivity index (χ0n) is 12.1. The molecule has 1 aromatic rings. The van der Waals surface area contributed by atoms with Gasteiger partial charge in [-0.3, -0.25) is 4.79 Å². The molecule has 0 aliphatic rings. The fourth-order valence-electron chi connectivity index (χ4n) is 1.68. The van der Waals surface area contributed by atoms with Crippen LogP contribution in [0.1, 0.15) is 25.8 Å². The van der Waals surface area contributed by atoms with Gasteiger partial charge in [0, 0.05) is 13.6 Å². The average Bonchev–Trinajstić information content (AvgIpc) is 2.45. The number of nitrogens with zero attached hydrogens (tertiary/aromatic N) is 1. The largest absolute Gasteiger partial charge is 0.466 e. The summed E-state index contributed by atoms with van der Waals surface area (Å²) in [5.41, 5.74) is 1.08. The first-order valence-electron chi connectivity index (χ1n) is 6.62. The molecule has 0 fully saturated rings. The van der Waals surface area contributed by atoms with Crippen molar-refractivity contribution >= 4 is 16.0 Å². The fraction of sp³-hybridized carbons (Fsp3) is 0.500. The van der Waals surface area contributed by atoms with Gasteiger partial charge in [0.2, 0.25) is 10.0 Å². The van der Waals surface area contributed by atoms with Crippen molar-refractivity contribution < 1.29 is 17.9 Å². The van der Waals surface area contributed by atoms with Crippen molar-refractivity contribution in [3.8, 4) is 0 Å². The van der Waals surface area contributed by atoms with Gasteiger partial charge in [0.25, 0.3) is 0 Å². The van der Waals surface area contributed by atoms with Gasteiger partial charge in [-0.1, -0.05) is 19.1 Å². The van der Waals surface area contributed by atoms with Crippen molar-refractivity contribution in [1.82, 2.24) is 4.31 Å². The molecule has 112 valence electrons. The maximum atomic E-state index is 12.3. The van der Waals surface area contributed by atoms with Crippen LogP contribution in [0, 0.1) is 0 Å². The number of hydrogen-bond acceptors (Lipinski definition) is 4. The third-order valence-corrected chi connectivity index (χ3v) is 4.85. The number of carbonyl (C=O) groups is 1. The van der Waals surface area contributed by atoms with Crippen LogP contribution in [0.3, 0.4) is 0 Å². The minimum atomic E-state index is -3.55. The van der Waals surface area contributed by atoms with Gasteiger partial charge in [-0.2, -0.15) is 0 Å². The van der Waals surface area contributed by atoms with E-state index >= 15 is 0 Å². The highest BCUT2D eigenvalue weighted by molar-refractivity contribution is 7.89. The molecular weight excluding hydrogens is 278 g/mol. The van der Waals surface area contributed by atoms with E-state index in [1.54, 1.807) is 31.2 Å². The third-order valence-electron chi connectivity index (χ3n) is 2.98. The molecule has 0 aliphatic heterocycles. The predicted molar refractivity (Wildman–Crippen MR) is 76.9 cm³/mol. The Morgan fingerprint density at radius 2 is 1.80 bits per heavy atom. The molecule has 0 heterocycles. The average molecular weight is 299 g/mol. The number of hydrogen-bond donors (Lipinski definition) is 0. The number of sulfonamides is 1. The lowest BCUT2D eigenvalue weighted by Gasteiger charge is -2.16. The van der Waals surface area contributed by atoms with Crippen LogP contribution >= 0.6 is 0 Å². The molecule has 1 rings (SSSR count). The lowest BCUT2D eigenvalue weighted by molar-refractivity contribution is -0.143. The van der Waals surface area contributed by atoms with Crippen molar-refractivity contribution in [2.24, 2.45) is 0 Å². The molecule has 0 aromatic heterocycles. The van der Waals surface area contributed by atoms with E-state index in [9.17, 15) is 13.2 Å². The molecule has 0 spiro atoms. The van der Waals surface area contributed by atoms with Crippen LogP contribution in [-0.4, -0.2) is 38.9 Å². The summed E-state index contributed by atoms with van der Waals surface area (Å²) in [6.45, 7) is 4.13. The quantitative estimate of drug-likeness (QED) is 0.721. The number of ether oxygens (including phenoxy) is 1. The van der Waals surface area contributed by atoms with Gasteiger partial charge in [0.1, 0.15) is 0 Å². The Kier molecular flexibility index (Phi) is 6.16. The SMILES string of the molecule is CCOC(=O)CCN(C)S(=O)(=O)c1ccc(CC)cc1. The van der Waals surface area contributed by atoms with Gasteiger partial charge >= 0.3 is 5.97 Å². The summed E-state index contributed by atoms with van der Waals surface area (Å²) >= 11 is 0. The summed E-state index contributed by atoms with van der Waals surface area (Å²) in [5, 5.41) is 0.